The Bertz CT molecular complexity index is 156. The van der Waals surface area contributed by atoms with Crippen LogP contribution in [0.25, 0.3) is 0 Å². The lowest BCUT2D eigenvalue weighted by Gasteiger charge is -1.89. The van der Waals surface area contributed by atoms with Crippen molar-refractivity contribution in [2.45, 2.75) is 20.8 Å². The van der Waals surface area contributed by atoms with Crippen molar-refractivity contribution in [1.29, 1.82) is 0 Å². The van der Waals surface area contributed by atoms with E-state index in [9.17, 15) is 0 Å². The number of benzene rings is 1. The molecule has 12 heavy (non-hydrogen) atoms. The average Bonchev–Trinajstić information content (AvgIpc) is 2.17. The molecule has 0 nitrogen and oxygen atoms in total. The second-order valence-electron chi connectivity index (χ2n) is 1.91. The molecule has 1 aromatic carbocycles. The highest BCUT2D eigenvalue weighted by atomic mass is 31.0. The van der Waals surface area contributed by atoms with Crippen LogP contribution < -0.4 is 5.30 Å². The minimum absolute atomic E-state index is 1.25. The Hall–Kier alpha value is -0.610. The summed E-state index contributed by atoms with van der Waals surface area (Å²) in [5.41, 5.74) is 1.32. The topological polar surface area (TPSA) is 0 Å². The largest absolute Gasteiger partial charge is 0.106 e. The van der Waals surface area contributed by atoms with Gasteiger partial charge >= 0.3 is 0 Å². The van der Waals surface area contributed by atoms with Gasteiger partial charge in [-0.25, -0.2) is 0 Å². The van der Waals surface area contributed by atoms with Crippen molar-refractivity contribution >= 4 is 14.5 Å². The Kier molecular flexibility index (Phi) is 12.1. The molecule has 0 saturated heterocycles. The van der Waals surface area contributed by atoms with Crippen molar-refractivity contribution in [2.75, 3.05) is 0 Å². The lowest BCUT2D eigenvalue weighted by Crippen LogP contribution is -1.85. The first-order chi connectivity index (χ1) is 5.79. The molecule has 1 atom stereocenters. The van der Waals surface area contributed by atoms with E-state index in [1.807, 2.05) is 13.8 Å². The van der Waals surface area contributed by atoms with Crippen LogP contribution in [0.5, 0.6) is 0 Å². The molecule has 0 aliphatic heterocycles. The van der Waals surface area contributed by atoms with E-state index in [1.165, 1.54) is 10.9 Å². The maximum Gasteiger partial charge on any atom is -0.0302 e. The first kappa shape index (κ1) is 13.9. The molecule has 1 rings (SSSR count). The first-order valence-corrected chi connectivity index (χ1v) is 4.69. The summed E-state index contributed by atoms with van der Waals surface area (Å²) < 4.78 is 0. The Morgan fingerprint density at radius 3 is 1.58 bits per heavy atom. The molecule has 0 amide bonds. The summed E-state index contributed by atoms with van der Waals surface area (Å²) >= 11 is 0. The van der Waals surface area contributed by atoms with Crippen molar-refractivity contribution in [2.24, 2.45) is 0 Å². The zero-order chi connectivity index (χ0) is 9.98. The number of aryl methyl sites for hydroxylation is 1. The van der Waals surface area contributed by atoms with E-state index in [-0.39, 0.29) is 0 Å². The van der Waals surface area contributed by atoms with E-state index < -0.39 is 0 Å². The predicted octanol–water partition coefficient (Wildman–Crippen LogP) is 3.32. The smallest absolute Gasteiger partial charge is 0.0302 e. The lowest BCUT2D eigenvalue weighted by atomic mass is 10.2. The minimum atomic E-state index is 1.25. The van der Waals surface area contributed by atoms with Crippen molar-refractivity contribution in [3.05, 3.63) is 43.0 Å². The van der Waals surface area contributed by atoms with Crippen molar-refractivity contribution in [3.63, 3.8) is 0 Å². The quantitative estimate of drug-likeness (QED) is 0.426. The van der Waals surface area contributed by atoms with E-state index in [4.69, 9.17) is 0 Å². The third-order valence-electron chi connectivity index (χ3n) is 1.08. The molecule has 0 spiro atoms. The van der Waals surface area contributed by atoms with Crippen molar-refractivity contribution in [3.8, 4) is 0 Å². The molecule has 0 aromatic heterocycles. The Morgan fingerprint density at radius 2 is 1.33 bits per heavy atom. The van der Waals surface area contributed by atoms with Gasteiger partial charge in [0, 0.05) is 0 Å². The Labute approximate surface area is 78.9 Å². The lowest BCUT2D eigenvalue weighted by molar-refractivity contribution is 1.49. The normalized spacial score (nSPS) is 7.00. The van der Waals surface area contributed by atoms with Crippen LogP contribution in [0.3, 0.4) is 0 Å². The molecule has 0 radical (unpaired) electrons. The van der Waals surface area contributed by atoms with Crippen LogP contribution in [-0.4, -0.2) is 0 Å². The van der Waals surface area contributed by atoms with Crippen LogP contribution in [0.15, 0.2) is 37.4 Å². The highest BCUT2D eigenvalue weighted by molar-refractivity contribution is 7.27. The standard InChI is InChI=1S/C7H9P.C2H6.C2H4/c1-6-2-4-7(8)5-3-6;2*1-2/h2-5H,8H2,1H3;1-2H3;1-2H2. The molecular formula is C11H19P. The van der Waals surface area contributed by atoms with E-state index in [0.29, 0.717) is 0 Å². The average molecular weight is 182 g/mol. The summed E-state index contributed by atoms with van der Waals surface area (Å²) in [5.74, 6) is 0. The summed E-state index contributed by atoms with van der Waals surface area (Å²) in [6.45, 7) is 12.1. The number of hydrogen-bond acceptors (Lipinski definition) is 0. The van der Waals surface area contributed by atoms with Crippen LogP contribution in [0.4, 0.5) is 0 Å². The van der Waals surface area contributed by atoms with Gasteiger partial charge in [-0.2, -0.15) is 0 Å². The molecule has 1 heteroatoms. The van der Waals surface area contributed by atoms with Crippen LogP contribution in [-0.2, 0) is 0 Å². The molecule has 0 bridgehead atoms. The SMILES string of the molecule is C=C.CC.Cc1ccc(P)cc1. The Balaban J connectivity index is 0. The summed E-state index contributed by atoms with van der Waals surface area (Å²) in [7, 11) is 2.65. The monoisotopic (exact) mass is 182 g/mol. The summed E-state index contributed by atoms with van der Waals surface area (Å²) in [5, 5.41) is 1.25. The van der Waals surface area contributed by atoms with E-state index in [2.05, 4.69) is 53.6 Å². The van der Waals surface area contributed by atoms with Crippen molar-refractivity contribution in [1.82, 2.24) is 0 Å². The van der Waals surface area contributed by atoms with Crippen molar-refractivity contribution < 1.29 is 0 Å². The predicted molar refractivity (Wildman–Crippen MR) is 63.1 cm³/mol. The first-order valence-electron chi connectivity index (χ1n) is 4.11. The van der Waals surface area contributed by atoms with Gasteiger partial charge in [-0.05, 0) is 12.2 Å². The molecule has 0 N–H and O–H groups in total. The summed E-state index contributed by atoms with van der Waals surface area (Å²) in [6.07, 6.45) is 0. The summed E-state index contributed by atoms with van der Waals surface area (Å²) in [6, 6.07) is 8.37. The molecule has 0 aliphatic rings. The fourth-order valence-electron chi connectivity index (χ4n) is 0.566. The van der Waals surface area contributed by atoms with Gasteiger partial charge in [0.15, 0.2) is 0 Å². The zero-order valence-corrected chi connectivity index (χ0v) is 9.46. The third-order valence-corrected chi connectivity index (χ3v) is 1.46. The van der Waals surface area contributed by atoms with Crippen LogP contribution in [0, 0.1) is 6.92 Å². The number of hydrogen-bond donors (Lipinski definition) is 0. The summed E-state index contributed by atoms with van der Waals surface area (Å²) in [4.78, 5) is 0. The molecule has 68 valence electrons. The fourth-order valence-corrected chi connectivity index (χ4v) is 0.759. The van der Waals surface area contributed by atoms with E-state index >= 15 is 0 Å². The molecule has 1 unspecified atom stereocenters. The van der Waals surface area contributed by atoms with Gasteiger partial charge in [0.1, 0.15) is 0 Å². The second kappa shape index (κ2) is 10.4. The molecule has 0 saturated carbocycles. The Morgan fingerprint density at radius 1 is 1.00 bits per heavy atom. The van der Waals surface area contributed by atoms with Gasteiger partial charge in [0.05, 0.1) is 0 Å². The maximum absolute atomic E-state index is 3.00. The van der Waals surface area contributed by atoms with E-state index in [1.54, 1.807) is 0 Å². The highest BCUT2D eigenvalue weighted by Gasteiger charge is 1.79. The highest BCUT2D eigenvalue weighted by Crippen LogP contribution is 1.94. The number of rotatable bonds is 0. The molecule has 0 heterocycles. The van der Waals surface area contributed by atoms with Gasteiger partial charge in [0.2, 0.25) is 0 Å². The van der Waals surface area contributed by atoms with Crippen LogP contribution >= 0.6 is 9.24 Å². The zero-order valence-electron chi connectivity index (χ0n) is 8.30. The van der Waals surface area contributed by atoms with Gasteiger partial charge in [0.25, 0.3) is 0 Å². The molecular weight excluding hydrogens is 163 g/mol. The van der Waals surface area contributed by atoms with Gasteiger partial charge in [-0.15, -0.1) is 22.4 Å². The third kappa shape index (κ3) is 7.50. The van der Waals surface area contributed by atoms with Gasteiger partial charge in [-0.3, -0.25) is 0 Å². The van der Waals surface area contributed by atoms with E-state index in [0.717, 1.165) is 0 Å². The molecule has 0 aliphatic carbocycles. The molecule has 1 aromatic rings. The van der Waals surface area contributed by atoms with Gasteiger partial charge < -0.3 is 0 Å². The van der Waals surface area contributed by atoms with Crippen LogP contribution in [0.2, 0.25) is 0 Å². The molecule has 0 fully saturated rings. The minimum Gasteiger partial charge on any atom is -0.106 e. The second-order valence-corrected chi connectivity index (χ2v) is 2.58. The van der Waals surface area contributed by atoms with Crippen LogP contribution in [0.1, 0.15) is 19.4 Å². The maximum atomic E-state index is 3.00. The van der Waals surface area contributed by atoms with Gasteiger partial charge in [-0.1, -0.05) is 43.7 Å². The fraction of sp³-hybridized carbons (Fsp3) is 0.273.